The number of rotatable bonds is 1. The minimum atomic E-state index is -2.91. The molecule has 1 aromatic heterocycles. The molecule has 0 saturated heterocycles. The zero-order chi connectivity index (χ0) is 13.8. The maximum atomic E-state index is 13.5. The van der Waals surface area contributed by atoms with E-state index < -0.39 is 24.1 Å². The molecule has 1 aliphatic rings. The predicted molar refractivity (Wildman–Crippen MR) is 62.1 cm³/mol. The molecule has 0 radical (unpaired) electrons. The summed E-state index contributed by atoms with van der Waals surface area (Å²) in [7, 11) is 0. The molecule has 3 rings (SSSR count). The van der Waals surface area contributed by atoms with Crippen molar-refractivity contribution in [2.24, 2.45) is 0 Å². The number of aromatic carboxylic acids is 1. The number of carboxylic acids is 1. The first-order valence-electron chi connectivity index (χ1n) is 5.81. The van der Waals surface area contributed by atoms with Crippen LogP contribution < -0.4 is 0 Å². The molecule has 1 aromatic carbocycles. The highest BCUT2D eigenvalue weighted by Crippen LogP contribution is 2.37. The molecule has 0 fully saturated rings. The summed E-state index contributed by atoms with van der Waals surface area (Å²) in [4.78, 5) is 11.3. The number of carbonyl (C=O) groups is 1. The van der Waals surface area contributed by atoms with Crippen LogP contribution >= 0.6 is 0 Å². The highest BCUT2D eigenvalue weighted by Gasteiger charge is 2.38. The van der Waals surface area contributed by atoms with E-state index in [0.29, 0.717) is 5.52 Å². The van der Waals surface area contributed by atoms with Gasteiger partial charge in [-0.25, -0.2) is 18.0 Å². The molecule has 1 aliphatic heterocycles. The SMILES string of the molecule is O=C(O)c1c2n(c3ccc(F)cc13)CCC(F)(F)C2. The summed E-state index contributed by atoms with van der Waals surface area (Å²) in [5.41, 5.74) is 0.350. The van der Waals surface area contributed by atoms with E-state index in [1.54, 1.807) is 4.57 Å². The maximum absolute atomic E-state index is 13.5. The van der Waals surface area contributed by atoms with Crippen LogP contribution in [0.15, 0.2) is 18.2 Å². The molecular formula is C13H10F3NO2. The average Bonchev–Trinajstić information content (AvgIpc) is 2.59. The van der Waals surface area contributed by atoms with Crippen LogP contribution in [-0.2, 0) is 13.0 Å². The largest absolute Gasteiger partial charge is 0.478 e. The summed E-state index contributed by atoms with van der Waals surface area (Å²) >= 11 is 0. The summed E-state index contributed by atoms with van der Waals surface area (Å²) in [6.07, 6.45) is -0.953. The minimum absolute atomic E-state index is 0.0394. The van der Waals surface area contributed by atoms with E-state index in [-0.39, 0.29) is 29.6 Å². The first kappa shape index (κ1) is 12.1. The lowest BCUT2D eigenvalue weighted by Gasteiger charge is -2.24. The number of fused-ring (bicyclic) bond motifs is 3. The minimum Gasteiger partial charge on any atom is -0.478 e. The highest BCUT2D eigenvalue weighted by molar-refractivity contribution is 6.05. The van der Waals surface area contributed by atoms with Gasteiger partial charge >= 0.3 is 5.97 Å². The van der Waals surface area contributed by atoms with Gasteiger partial charge in [0.05, 0.1) is 12.0 Å². The molecule has 0 atom stereocenters. The molecule has 0 saturated carbocycles. The monoisotopic (exact) mass is 269 g/mol. The number of aryl methyl sites for hydroxylation is 1. The third-order valence-corrected chi connectivity index (χ3v) is 3.47. The quantitative estimate of drug-likeness (QED) is 0.864. The zero-order valence-electron chi connectivity index (χ0n) is 9.79. The van der Waals surface area contributed by atoms with Crippen molar-refractivity contribution < 1.29 is 23.1 Å². The van der Waals surface area contributed by atoms with Gasteiger partial charge in [-0.2, -0.15) is 0 Å². The fourth-order valence-electron chi connectivity index (χ4n) is 2.67. The van der Waals surface area contributed by atoms with Gasteiger partial charge in [0.2, 0.25) is 0 Å². The van der Waals surface area contributed by atoms with E-state index in [0.717, 1.165) is 6.07 Å². The topological polar surface area (TPSA) is 42.2 Å². The van der Waals surface area contributed by atoms with Gasteiger partial charge in [0.15, 0.2) is 0 Å². The lowest BCUT2D eigenvalue weighted by atomic mass is 10.0. The number of nitrogens with zero attached hydrogens (tertiary/aromatic N) is 1. The van der Waals surface area contributed by atoms with Gasteiger partial charge in [-0.1, -0.05) is 0 Å². The van der Waals surface area contributed by atoms with Gasteiger partial charge in [-0.15, -0.1) is 0 Å². The molecule has 2 aromatic rings. The van der Waals surface area contributed by atoms with Crippen LogP contribution in [0.5, 0.6) is 0 Å². The van der Waals surface area contributed by atoms with E-state index in [9.17, 15) is 23.1 Å². The van der Waals surface area contributed by atoms with Crippen LogP contribution in [0.25, 0.3) is 10.9 Å². The second-order valence-electron chi connectivity index (χ2n) is 4.72. The number of benzene rings is 1. The fraction of sp³-hybridized carbons (Fsp3) is 0.308. The lowest BCUT2D eigenvalue weighted by molar-refractivity contribution is -0.0221. The summed E-state index contributed by atoms with van der Waals surface area (Å²) in [6, 6.07) is 3.72. The number of aromatic nitrogens is 1. The molecule has 0 aliphatic carbocycles. The number of carboxylic acid groups (broad SMARTS) is 1. The molecule has 0 bridgehead atoms. The van der Waals surface area contributed by atoms with E-state index in [4.69, 9.17) is 0 Å². The second kappa shape index (κ2) is 3.76. The van der Waals surface area contributed by atoms with E-state index in [1.165, 1.54) is 12.1 Å². The molecule has 3 nitrogen and oxygen atoms in total. The van der Waals surface area contributed by atoms with Crippen molar-refractivity contribution in [3.05, 3.63) is 35.3 Å². The maximum Gasteiger partial charge on any atom is 0.338 e. The number of alkyl halides is 2. The molecule has 0 unspecified atom stereocenters. The smallest absolute Gasteiger partial charge is 0.338 e. The summed E-state index contributed by atoms with van der Waals surface area (Å²) in [6.45, 7) is 0.0394. The van der Waals surface area contributed by atoms with Crippen LogP contribution in [0.2, 0.25) is 0 Å². The zero-order valence-corrected chi connectivity index (χ0v) is 9.79. The Labute approximate surface area is 106 Å². The Bertz CT molecular complexity index is 691. The van der Waals surface area contributed by atoms with Gasteiger partial charge in [-0.3, -0.25) is 0 Å². The Morgan fingerprint density at radius 3 is 2.79 bits per heavy atom. The molecule has 2 heterocycles. The van der Waals surface area contributed by atoms with Gasteiger partial charge < -0.3 is 9.67 Å². The first-order chi connectivity index (χ1) is 8.89. The van der Waals surface area contributed by atoms with Crippen molar-refractivity contribution in [2.45, 2.75) is 25.3 Å². The Balaban J connectivity index is 2.35. The molecule has 0 amide bonds. The molecule has 100 valence electrons. The van der Waals surface area contributed by atoms with Crippen LogP contribution in [0.3, 0.4) is 0 Å². The van der Waals surface area contributed by atoms with Gasteiger partial charge in [0, 0.05) is 29.6 Å². The first-order valence-corrected chi connectivity index (χ1v) is 5.81. The van der Waals surface area contributed by atoms with E-state index in [2.05, 4.69) is 0 Å². The van der Waals surface area contributed by atoms with Crippen molar-refractivity contribution in [3.8, 4) is 0 Å². The highest BCUT2D eigenvalue weighted by atomic mass is 19.3. The Morgan fingerprint density at radius 2 is 2.11 bits per heavy atom. The van der Waals surface area contributed by atoms with Crippen molar-refractivity contribution >= 4 is 16.9 Å². The van der Waals surface area contributed by atoms with Gasteiger partial charge in [-0.05, 0) is 18.2 Å². The van der Waals surface area contributed by atoms with Crippen molar-refractivity contribution in [2.75, 3.05) is 0 Å². The summed E-state index contributed by atoms with van der Waals surface area (Å²) in [5.74, 6) is -4.79. The Hall–Kier alpha value is -1.98. The molecular weight excluding hydrogens is 259 g/mol. The Kier molecular flexibility index (Phi) is 2.39. The third kappa shape index (κ3) is 1.78. The summed E-state index contributed by atoms with van der Waals surface area (Å²) in [5, 5.41) is 9.39. The number of hydrogen-bond acceptors (Lipinski definition) is 1. The normalized spacial score (nSPS) is 17.4. The van der Waals surface area contributed by atoms with E-state index >= 15 is 0 Å². The number of hydrogen-bond donors (Lipinski definition) is 1. The van der Waals surface area contributed by atoms with Crippen LogP contribution in [0.1, 0.15) is 22.5 Å². The number of halogens is 3. The molecule has 6 heteroatoms. The van der Waals surface area contributed by atoms with Crippen molar-refractivity contribution in [3.63, 3.8) is 0 Å². The fourth-order valence-corrected chi connectivity index (χ4v) is 2.67. The van der Waals surface area contributed by atoms with Crippen molar-refractivity contribution in [1.82, 2.24) is 4.57 Å². The molecule has 1 N–H and O–H groups in total. The van der Waals surface area contributed by atoms with E-state index in [1.807, 2.05) is 0 Å². The average molecular weight is 269 g/mol. The Morgan fingerprint density at radius 1 is 1.37 bits per heavy atom. The molecule has 19 heavy (non-hydrogen) atoms. The predicted octanol–water partition coefficient (Wildman–Crippen LogP) is 3.06. The lowest BCUT2D eigenvalue weighted by Crippen LogP contribution is -2.30. The van der Waals surface area contributed by atoms with Gasteiger partial charge in [0.25, 0.3) is 5.92 Å². The van der Waals surface area contributed by atoms with Gasteiger partial charge in [0.1, 0.15) is 5.82 Å². The van der Waals surface area contributed by atoms with Crippen LogP contribution in [-0.4, -0.2) is 21.6 Å². The van der Waals surface area contributed by atoms with Crippen LogP contribution in [0, 0.1) is 5.82 Å². The standard InChI is InChI=1S/C13H10F3NO2/c14-7-1-2-9-8(5-7)11(12(18)19)10-6-13(15,16)3-4-17(9)10/h1-2,5H,3-4,6H2,(H,18,19). The van der Waals surface area contributed by atoms with Crippen molar-refractivity contribution in [1.29, 1.82) is 0 Å². The molecule has 0 spiro atoms. The third-order valence-electron chi connectivity index (χ3n) is 3.47. The second-order valence-corrected chi connectivity index (χ2v) is 4.72. The summed E-state index contributed by atoms with van der Waals surface area (Å²) < 4.78 is 41.7. The van der Waals surface area contributed by atoms with Crippen LogP contribution in [0.4, 0.5) is 13.2 Å².